The summed E-state index contributed by atoms with van der Waals surface area (Å²) in [5, 5.41) is 10.3. The van der Waals surface area contributed by atoms with Crippen LogP contribution in [0.2, 0.25) is 0 Å². The van der Waals surface area contributed by atoms with Gasteiger partial charge in [0.15, 0.2) is 5.76 Å². The topological polar surface area (TPSA) is 98.4 Å². The van der Waals surface area contributed by atoms with Gasteiger partial charge in [-0.15, -0.1) is 12.4 Å². The van der Waals surface area contributed by atoms with E-state index in [-0.39, 0.29) is 30.1 Å². The summed E-state index contributed by atoms with van der Waals surface area (Å²) in [6.07, 6.45) is 1.10. The predicted molar refractivity (Wildman–Crippen MR) is 121 cm³/mol. The van der Waals surface area contributed by atoms with Gasteiger partial charge in [0.25, 0.3) is 11.5 Å². The molecule has 3 aromatic rings. The first-order chi connectivity index (χ1) is 15.1. The van der Waals surface area contributed by atoms with Crippen LogP contribution in [0.3, 0.4) is 0 Å². The van der Waals surface area contributed by atoms with Gasteiger partial charge >= 0.3 is 0 Å². The highest BCUT2D eigenvalue weighted by Crippen LogP contribution is 2.32. The molecule has 1 fully saturated rings. The van der Waals surface area contributed by atoms with Crippen LogP contribution < -0.4 is 20.9 Å². The molecule has 2 N–H and O–H groups in total. The molecule has 0 aliphatic carbocycles. The average molecular weight is 457 g/mol. The van der Waals surface area contributed by atoms with Crippen molar-refractivity contribution in [1.29, 1.82) is 0 Å². The molecule has 1 saturated heterocycles. The number of halogens is 1. The number of hydrogen-bond donors (Lipinski definition) is 2. The minimum absolute atomic E-state index is 0. The van der Waals surface area contributed by atoms with Crippen LogP contribution in [0.5, 0.6) is 5.75 Å². The van der Waals surface area contributed by atoms with Crippen molar-refractivity contribution < 1.29 is 14.1 Å². The fourth-order valence-corrected chi connectivity index (χ4v) is 4.61. The van der Waals surface area contributed by atoms with Gasteiger partial charge < -0.3 is 24.5 Å². The average Bonchev–Trinajstić information content (AvgIpc) is 3.27. The lowest BCUT2D eigenvalue weighted by atomic mass is 9.84. The second kappa shape index (κ2) is 9.18. The molecule has 4 heterocycles. The monoisotopic (exact) mass is 456 g/mol. The molecule has 5 rings (SSSR count). The number of ether oxygens (including phenoxy) is 1. The van der Waals surface area contributed by atoms with E-state index in [9.17, 15) is 9.59 Å². The van der Waals surface area contributed by atoms with E-state index in [4.69, 9.17) is 9.26 Å². The van der Waals surface area contributed by atoms with Crippen molar-refractivity contribution >= 4 is 18.3 Å². The number of nitrogens with one attached hydrogen (secondary N) is 2. The number of para-hydroxylation sites is 1. The Bertz CT molecular complexity index is 1190. The van der Waals surface area contributed by atoms with Gasteiger partial charge in [-0.05, 0) is 43.1 Å². The van der Waals surface area contributed by atoms with Gasteiger partial charge in [-0.1, -0.05) is 17.3 Å². The number of fused-ring (bicyclic) bond motifs is 4. The third kappa shape index (κ3) is 4.03. The third-order valence-electron chi connectivity index (χ3n) is 6.12. The van der Waals surface area contributed by atoms with Gasteiger partial charge in [-0.3, -0.25) is 9.59 Å². The summed E-state index contributed by atoms with van der Waals surface area (Å²) in [5.41, 5.74) is 2.37. The Hall–Kier alpha value is -3.10. The van der Waals surface area contributed by atoms with Gasteiger partial charge in [-0.2, -0.15) is 0 Å². The molecule has 2 aliphatic rings. The first-order valence-electron chi connectivity index (χ1n) is 10.5. The standard InChI is InChI=1S/C23H24N4O4.ClH/c1-30-21-5-3-2-4-17(21)19-9-16(31-26-19)12-25-22(28)18-6-7-20-15-8-14(10-24-11-15)13-27(20)23(18)29;/h2-7,9,14-15,24H,8,10-13H2,1H3,(H,25,28);1H/t14-,15+;/m0./s1. The Kier molecular flexibility index (Phi) is 6.34. The van der Waals surface area contributed by atoms with Crippen molar-refractivity contribution in [3.8, 4) is 17.0 Å². The van der Waals surface area contributed by atoms with Crippen molar-refractivity contribution in [2.24, 2.45) is 5.92 Å². The molecule has 0 spiro atoms. The molecular weight excluding hydrogens is 432 g/mol. The molecule has 32 heavy (non-hydrogen) atoms. The highest BCUT2D eigenvalue weighted by atomic mass is 35.5. The number of aromatic nitrogens is 2. The van der Waals surface area contributed by atoms with Crippen molar-refractivity contribution in [3.05, 3.63) is 69.8 Å². The van der Waals surface area contributed by atoms with E-state index in [0.717, 1.165) is 30.8 Å². The number of nitrogens with zero attached hydrogens (tertiary/aromatic N) is 2. The number of carbonyl (C=O) groups excluding carboxylic acids is 1. The van der Waals surface area contributed by atoms with Crippen LogP contribution in [0.25, 0.3) is 11.3 Å². The number of pyridine rings is 1. The third-order valence-corrected chi connectivity index (χ3v) is 6.12. The smallest absolute Gasteiger partial charge is 0.263 e. The minimum Gasteiger partial charge on any atom is -0.496 e. The van der Waals surface area contributed by atoms with Gasteiger partial charge in [0, 0.05) is 36.3 Å². The maximum atomic E-state index is 13.0. The Morgan fingerprint density at radius 1 is 1.28 bits per heavy atom. The molecule has 0 unspecified atom stereocenters. The Morgan fingerprint density at radius 3 is 2.97 bits per heavy atom. The molecule has 8 nitrogen and oxygen atoms in total. The number of hydrogen-bond acceptors (Lipinski definition) is 6. The Morgan fingerprint density at radius 2 is 2.12 bits per heavy atom. The lowest BCUT2D eigenvalue weighted by Crippen LogP contribution is -2.46. The lowest BCUT2D eigenvalue weighted by Gasteiger charge is -2.37. The van der Waals surface area contributed by atoms with E-state index in [1.807, 2.05) is 30.3 Å². The quantitative estimate of drug-likeness (QED) is 0.612. The predicted octanol–water partition coefficient (Wildman–Crippen LogP) is 2.57. The van der Waals surface area contributed by atoms with Crippen LogP contribution in [-0.2, 0) is 13.1 Å². The summed E-state index contributed by atoms with van der Waals surface area (Å²) >= 11 is 0. The van der Waals surface area contributed by atoms with E-state index in [0.29, 0.717) is 35.6 Å². The van der Waals surface area contributed by atoms with Crippen LogP contribution in [-0.4, -0.2) is 35.8 Å². The molecule has 2 aromatic heterocycles. The molecule has 2 atom stereocenters. The second-order valence-electron chi connectivity index (χ2n) is 8.11. The van der Waals surface area contributed by atoms with Crippen molar-refractivity contribution in [2.45, 2.75) is 25.4 Å². The number of rotatable bonds is 5. The van der Waals surface area contributed by atoms with E-state index in [2.05, 4.69) is 15.8 Å². The Labute approximate surface area is 191 Å². The van der Waals surface area contributed by atoms with Crippen LogP contribution in [0.4, 0.5) is 0 Å². The minimum atomic E-state index is -0.413. The van der Waals surface area contributed by atoms with Crippen molar-refractivity contribution in [2.75, 3.05) is 20.2 Å². The SMILES string of the molecule is COc1ccccc1-c1cc(CNC(=O)c2ccc3n(c2=O)C[C@@H]2CNC[C@H]3C2)on1.Cl. The number of piperidine rings is 1. The van der Waals surface area contributed by atoms with Crippen LogP contribution in [0.15, 0.2) is 51.8 Å². The maximum absolute atomic E-state index is 13.0. The van der Waals surface area contributed by atoms with Crippen molar-refractivity contribution in [1.82, 2.24) is 20.4 Å². The fraction of sp³-hybridized carbons (Fsp3) is 0.348. The number of methoxy groups -OCH3 is 1. The first kappa shape index (κ1) is 22.1. The van der Waals surface area contributed by atoms with Crippen LogP contribution >= 0.6 is 12.4 Å². The second-order valence-corrected chi connectivity index (χ2v) is 8.11. The first-order valence-corrected chi connectivity index (χ1v) is 10.5. The van der Waals surface area contributed by atoms with E-state index in [1.54, 1.807) is 23.8 Å². The number of amides is 1. The highest BCUT2D eigenvalue weighted by molar-refractivity contribution is 5.93. The van der Waals surface area contributed by atoms with Crippen LogP contribution in [0, 0.1) is 5.92 Å². The Balaban J connectivity index is 0.00000245. The molecule has 1 aromatic carbocycles. The summed E-state index contributed by atoms with van der Waals surface area (Å²) in [6.45, 7) is 2.58. The van der Waals surface area contributed by atoms with Gasteiger partial charge in [0.2, 0.25) is 0 Å². The lowest BCUT2D eigenvalue weighted by molar-refractivity contribution is 0.0944. The maximum Gasteiger partial charge on any atom is 0.263 e. The zero-order valence-corrected chi connectivity index (χ0v) is 18.5. The van der Waals surface area contributed by atoms with Crippen molar-refractivity contribution in [3.63, 3.8) is 0 Å². The summed E-state index contributed by atoms with van der Waals surface area (Å²) in [6, 6.07) is 12.8. The summed E-state index contributed by atoms with van der Waals surface area (Å²) in [7, 11) is 1.60. The van der Waals surface area contributed by atoms with Gasteiger partial charge in [-0.25, -0.2) is 0 Å². The molecular formula is C23H25ClN4O4. The normalized spacial score (nSPS) is 18.9. The molecule has 1 amide bonds. The van der Waals surface area contributed by atoms with E-state index >= 15 is 0 Å². The number of carbonyl (C=O) groups is 1. The number of benzene rings is 1. The largest absolute Gasteiger partial charge is 0.496 e. The van der Waals surface area contributed by atoms with Crippen LogP contribution in [0.1, 0.15) is 34.2 Å². The summed E-state index contributed by atoms with van der Waals surface area (Å²) in [5.74, 6) is 1.54. The van der Waals surface area contributed by atoms with Gasteiger partial charge in [0.1, 0.15) is 17.0 Å². The highest BCUT2D eigenvalue weighted by Gasteiger charge is 2.31. The molecule has 2 aliphatic heterocycles. The fourth-order valence-electron chi connectivity index (χ4n) is 4.61. The van der Waals surface area contributed by atoms with E-state index < -0.39 is 5.91 Å². The molecule has 9 heteroatoms. The summed E-state index contributed by atoms with van der Waals surface area (Å²) < 4.78 is 12.5. The molecule has 0 saturated carbocycles. The molecule has 0 radical (unpaired) electrons. The summed E-state index contributed by atoms with van der Waals surface area (Å²) in [4.78, 5) is 25.7. The zero-order chi connectivity index (χ0) is 21.4. The van der Waals surface area contributed by atoms with Gasteiger partial charge in [0.05, 0.1) is 13.7 Å². The molecule has 2 bridgehead atoms. The van der Waals surface area contributed by atoms with E-state index in [1.165, 1.54) is 0 Å². The zero-order valence-electron chi connectivity index (χ0n) is 17.7. The molecule has 168 valence electrons.